The standard InChI is InChI=1S/C26H25Cl6N5O7/c1-13(38)6-9-18(39)40-12-17-20(43-23(33)25(27,28)29)21(19(36-37-35)22(42-17)44-24(34)26(30,31)32)41-11-14-7-8-15-4-2-3-5-16(15)10-14/h2-5,7-8,10,17,19-22,33-34H,6,9,11-12H2,1H3/t17-,19-,20-,21-,22+/m1/s1. The molecule has 0 bridgehead atoms. The quantitative estimate of drug-likeness (QED) is 0.0469. The van der Waals surface area contributed by atoms with Gasteiger partial charge in [0.25, 0.3) is 7.59 Å². The molecule has 238 valence electrons. The molecule has 3 rings (SSSR count). The Labute approximate surface area is 281 Å². The minimum atomic E-state index is -2.33. The zero-order valence-corrected chi connectivity index (χ0v) is 27.3. The van der Waals surface area contributed by atoms with Crippen molar-refractivity contribution in [3.8, 4) is 0 Å². The predicted molar refractivity (Wildman–Crippen MR) is 167 cm³/mol. The summed E-state index contributed by atoms with van der Waals surface area (Å²) in [5.41, 5.74) is 10.1. The molecular weight excluding hydrogens is 707 g/mol. The molecule has 2 aromatic rings. The van der Waals surface area contributed by atoms with E-state index in [9.17, 15) is 15.1 Å². The highest BCUT2D eigenvalue weighted by Crippen LogP contribution is 2.36. The number of nitrogens with zero attached hydrogens (tertiary/aromatic N) is 3. The summed E-state index contributed by atoms with van der Waals surface area (Å²) in [6.45, 7) is 0.681. The molecule has 2 aromatic carbocycles. The van der Waals surface area contributed by atoms with Crippen molar-refractivity contribution in [1.82, 2.24) is 0 Å². The lowest BCUT2D eigenvalue weighted by Gasteiger charge is -2.44. The maximum absolute atomic E-state index is 12.3. The van der Waals surface area contributed by atoms with Crippen LogP contribution >= 0.6 is 69.6 Å². The van der Waals surface area contributed by atoms with Gasteiger partial charge in [-0.2, -0.15) is 0 Å². The van der Waals surface area contributed by atoms with Crippen LogP contribution in [0.4, 0.5) is 0 Å². The second-order valence-electron chi connectivity index (χ2n) is 9.43. The third-order valence-corrected chi connectivity index (χ3v) is 7.18. The van der Waals surface area contributed by atoms with Gasteiger partial charge >= 0.3 is 5.97 Å². The number of ether oxygens (including phenoxy) is 5. The number of benzene rings is 2. The molecule has 1 saturated heterocycles. The average molecular weight is 732 g/mol. The van der Waals surface area contributed by atoms with E-state index in [2.05, 4.69) is 10.0 Å². The number of carbonyl (C=O) groups is 2. The lowest BCUT2D eigenvalue weighted by atomic mass is 9.96. The Balaban J connectivity index is 2.00. The first kappa shape index (κ1) is 36.2. The number of rotatable bonds is 11. The Hall–Kier alpha value is -2.25. The third-order valence-electron chi connectivity index (χ3n) is 6.15. The molecule has 1 fully saturated rings. The SMILES string of the molecule is CC(=O)CCC(=O)OC[C@H]1O[C@@H](OC(=N)C(Cl)(Cl)Cl)[C@H](N=[N+]=[N-])[C@@H](OCc2ccc3ccccc3c2)[C@@H]1OC(=N)C(Cl)(Cl)Cl. The Kier molecular flexibility index (Phi) is 13.0. The lowest BCUT2D eigenvalue weighted by molar-refractivity contribution is -0.253. The number of fused-ring (bicyclic) bond motifs is 1. The first-order valence-electron chi connectivity index (χ1n) is 12.7. The monoisotopic (exact) mass is 729 g/mol. The van der Waals surface area contributed by atoms with Crippen LogP contribution in [0.3, 0.4) is 0 Å². The molecule has 1 aliphatic rings. The van der Waals surface area contributed by atoms with Gasteiger partial charge in [0.1, 0.15) is 30.6 Å². The van der Waals surface area contributed by atoms with Crippen LogP contribution in [-0.4, -0.2) is 68.4 Å². The van der Waals surface area contributed by atoms with Crippen molar-refractivity contribution in [3.63, 3.8) is 0 Å². The number of halogens is 6. The summed E-state index contributed by atoms with van der Waals surface area (Å²) in [6, 6.07) is 11.7. The maximum Gasteiger partial charge on any atom is 0.306 e. The summed E-state index contributed by atoms with van der Waals surface area (Å²) in [6.07, 6.45) is -6.03. The number of ketones is 1. The van der Waals surface area contributed by atoms with Crippen LogP contribution in [0.5, 0.6) is 0 Å². The van der Waals surface area contributed by atoms with Crippen molar-refractivity contribution in [1.29, 1.82) is 10.8 Å². The van der Waals surface area contributed by atoms with E-state index in [4.69, 9.17) is 104 Å². The fourth-order valence-electron chi connectivity index (χ4n) is 4.07. The minimum absolute atomic E-state index is 0.0647. The van der Waals surface area contributed by atoms with E-state index in [0.717, 1.165) is 10.8 Å². The molecule has 0 aromatic heterocycles. The molecule has 0 aliphatic carbocycles. The van der Waals surface area contributed by atoms with Gasteiger partial charge in [-0.25, -0.2) is 0 Å². The van der Waals surface area contributed by atoms with Gasteiger partial charge in [-0.05, 0) is 34.9 Å². The number of hydrogen-bond donors (Lipinski definition) is 2. The zero-order chi connectivity index (χ0) is 32.7. The van der Waals surface area contributed by atoms with Crippen molar-refractivity contribution < 1.29 is 33.3 Å². The van der Waals surface area contributed by atoms with Crippen molar-refractivity contribution in [3.05, 3.63) is 58.5 Å². The van der Waals surface area contributed by atoms with Gasteiger partial charge in [0.2, 0.25) is 18.1 Å². The fourth-order valence-corrected chi connectivity index (χ4v) is 4.34. The van der Waals surface area contributed by atoms with Gasteiger partial charge in [0.15, 0.2) is 6.10 Å². The fraction of sp³-hybridized carbons (Fsp3) is 0.462. The first-order chi connectivity index (χ1) is 20.6. The van der Waals surface area contributed by atoms with Crippen molar-refractivity contribution >= 4 is 104 Å². The summed E-state index contributed by atoms with van der Waals surface area (Å²) in [4.78, 5) is 26.5. The minimum Gasteiger partial charge on any atom is -0.469 e. The van der Waals surface area contributed by atoms with Gasteiger partial charge in [-0.3, -0.25) is 15.6 Å². The second-order valence-corrected chi connectivity index (χ2v) is 14.0. The second kappa shape index (κ2) is 15.8. The topological polar surface area (TPSA) is 177 Å². The van der Waals surface area contributed by atoms with Crippen LogP contribution in [-0.2, 0) is 39.9 Å². The van der Waals surface area contributed by atoms with Gasteiger partial charge < -0.3 is 28.5 Å². The smallest absolute Gasteiger partial charge is 0.306 e. The Morgan fingerprint density at radius 1 is 0.955 bits per heavy atom. The molecule has 0 amide bonds. The van der Waals surface area contributed by atoms with E-state index in [0.29, 0.717) is 5.56 Å². The number of carbonyl (C=O) groups excluding carboxylic acids is 2. The number of azide groups is 1. The largest absolute Gasteiger partial charge is 0.469 e. The van der Waals surface area contributed by atoms with E-state index in [1.54, 1.807) is 0 Å². The van der Waals surface area contributed by atoms with E-state index >= 15 is 0 Å². The molecular formula is C26H25Cl6N5O7. The molecule has 2 N–H and O–H groups in total. The summed E-state index contributed by atoms with van der Waals surface area (Å²) < 4.78 is 23.8. The normalized spacial score (nSPS) is 22.0. The highest BCUT2D eigenvalue weighted by molar-refractivity contribution is 6.76. The molecule has 44 heavy (non-hydrogen) atoms. The Morgan fingerprint density at radius 3 is 2.20 bits per heavy atom. The first-order valence-corrected chi connectivity index (χ1v) is 15.0. The lowest BCUT2D eigenvalue weighted by Crippen LogP contribution is -2.61. The summed E-state index contributed by atoms with van der Waals surface area (Å²) in [5, 5.41) is 21.9. The zero-order valence-electron chi connectivity index (χ0n) is 22.7. The summed E-state index contributed by atoms with van der Waals surface area (Å²) in [5.74, 6) is -2.72. The van der Waals surface area contributed by atoms with E-state index in [1.807, 2.05) is 42.5 Å². The van der Waals surface area contributed by atoms with E-state index < -0.39 is 62.6 Å². The molecule has 18 heteroatoms. The van der Waals surface area contributed by atoms with E-state index in [1.165, 1.54) is 6.92 Å². The highest BCUT2D eigenvalue weighted by Gasteiger charge is 2.52. The van der Waals surface area contributed by atoms with Crippen molar-refractivity contribution in [2.75, 3.05) is 6.61 Å². The summed E-state index contributed by atoms with van der Waals surface area (Å²) >= 11 is 35.0. The van der Waals surface area contributed by atoms with Gasteiger partial charge in [0.05, 0.1) is 13.0 Å². The average Bonchev–Trinajstić information content (AvgIpc) is 2.94. The predicted octanol–water partition coefficient (Wildman–Crippen LogP) is 7.14. The van der Waals surface area contributed by atoms with Crippen molar-refractivity contribution in [2.45, 2.75) is 64.6 Å². The van der Waals surface area contributed by atoms with Gasteiger partial charge in [-0.1, -0.05) is 111 Å². The number of hydrogen-bond acceptors (Lipinski definition) is 10. The van der Waals surface area contributed by atoms with Crippen LogP contribution in [0.25, 0.3) is 21.2 Å². The van der Waals surface area contributed by atoms with Gasteiger partial charge in [-0.15, -0.1) is 0 Å². The molecule has 0 saturated carbocycles. The molecule has 1 aliphatic heterocycles. The van der Waals surface area contributed by atoms with Crippen LogP contribution in [0.15, 0.2) is 47.6 Å². The third kappa shape index (κ3) is 10.4. The molecule has 5 atom stereocenters. The van der Waals surface area contributed by atoms with E-state index in [-0.39, 0.29) is 25.2 Å². The molecule has 12 nitrogen and oxygen atoms in total. The maximum atomic E-state index is 12.3. The van der Waals surface area contributed by atoms with Crippen LogP contribution in [0.1, 0.15) is 25.3 Å². The molecule has 0 spiro atoms. The van der Waals surface area contributed by atoms with Crippen molar-refractivity contribution in [2.24, 2.45) is 5.11 Å². The Morgan fingerprint density at radius 2 is 1.59 bits per heavy atom. The molecule has 1 heterocycles. The number of nitrogens with one attached hydrogen (secondary N) is 2. The molecule has 0 radical (unpaired) electrons. The summed E-state index contributed by atoms with van der Waals surface area (Å²) in [7, 11) is 0. The van der Waals surface area contributed by atoms with Crippen LogP contribution < -0.4 is 0 Å². The number of alkyl halides is 6. The van der Waals surface area contributed by atoms with Crippen LogP contribution in [0.2, 0.25) is 0 Å². The molecule has 0 unspecified atom stereocenters. The number of esters is 1. The number of Topliss-reactive ketones (excluding diaryl/α,β-unsaturated/α-hetero) is 1. The van der Waals surface area contributed by atoms with Crippen LogP contribution in [0, 0.1) is 10.8 Å². The van der Waals surface area contributed by atoms with Gasteiger partial charge in [0, 0.05) is 11.3 Å². The highest BCUT2D eigenvalue weighted by atomic mass is 35.6. The Bertz CT molecular complexity index is 1430.